The highest BCUT2D eigenvalue weighted by molar-refractivity contribution is 5.93. The van der Waals surface area contributed by atoms with Crippen molar-refractivity contribution in [1.29, 1.82) is 0 Å². The average Bonchev–Trinajstić information content (AvgIpc) is 2.79. The highest BCUT2D eigenvalue weighted by atomic mass is 16.2. The molecule has 2 aliphatic carbocycles. The quantitative estimate of drug-likeness (QED) is 0.699. The van der Waals surface area contributed by atoms with E-state index < -0.39 is 5.54 Å². The smallest absolute Gasteiger partial charge is 0.247 e. The Morgan fingerprint density at radius 3 is 2.44 bits per heavy atom. The van der Waals surface area contributed by atoms with E-state index in [0.29, 0.717) is 24.9 Å². The van der Waals surface area contributed by atoms with Crippen molar-refractivity contribution in [3.63, 3.8) is 0 Å². The molecule has 3 aliphatic rings. The molecule has 18 heavy (non-hydrogen) atoms. The highest BCUT2D eigenvalue weighted by Gasteiger charge is 2.59. The van der Waals surface area contributed by atoms with Crippen molar-refractivity contribution in [3.05, 3.63) is 0 Å². The Balaban J connectivity index is 1.76. The number of nitrogens with zero attached hydrogens (tertiary/aromatic N) is 2. The molecule has 100 valence electrons. The summed E-state index contributed by atoms with van der Waals surface area (Å²) < 4.78 is 0. The minimum absolute atomic E-state index is 0.0629. The van der Waals surface area contributed by atoms with Crippen LogP contribution in [0.1, 0.15) is 33.1 Å². The Bertz CT molecular complexity index is 395. The van der Waals surface area contributed by atoms with Crippen LogP contribution in [0.4, 0.5) is 0 Å². The molecule has 0 bridgehead atoms. The van der Waals surface area contributed by atoms with Crippen molar-refractivity contribution < 1.29 is 9.59 Å². The summed E-state index contributed by atoms with van der Waals surface area (Å²) in [6.45, 7) is 5.10. The van der Waals surface area contributed by atoms with Crippen LogP contribution < -0.4 is 0 Å². The standard InChI is InChI=1S/C14H22N2O2/c1-14(2)13(18)15(3)7-8-16(14)12(17)11-9-5-4-6-10(9)11/h9-11H,4-8H2,1-3H3. The molecule has 1 saturated heterocycles. The van der Waals surface area contributed by atoms with Crippen molar-refractivity contribution in [3.8, 4) is 0 Å². The molecule has 0 radical (unpaired) electrons. The second-order valence-corrected chi connectivity index (χ2v) is 6.56. The molecule has 0 aromatic heterocycles. The van der Waals surface area contributed by atoms with E-state index in [-0.39, 0.29) is 17.7 Å². The average molecular weight is 250 g/mol. The minimum atomic E-state index is -0.666. The molecule has 4 nitrogen and oxygen atoms in total. The zero-order valence-electron chi connectivity index (χ0n) is 11.5. The summed E-state index contributed by atoms with van der Waals surface area (Å²) in [5.74, 6) is 1.78. The van der Waals surface area contributed by atoms with Crippen LogP contribution in [0, 0.1) is 17.8 Å². The van der Waals surface area contributed by atoms with Crippen molar-refractivity contribution in [2.45, 2.75) is 38.6 Å². The van der Waals surface area contributed by atoms with Crippen LogP contribution in [-0.2, 0) is 9.59 Å². The van der Waals surface area contributed by atoms with E-state index in [1.165, 1.54) is 19.3 Å². The molecule has 2 amide bonds. The molecule has 2 saturated carbocycles. The van der Waals surface area contributed by atoms with Gasteiger partial charge in [0.25, 0.3) is 0 Å². The Kier molecular flexibility index (Phi) is 2.48. The van der Waals surface area contributed by atoms with E-state index in [2.05, 4.69) is 0 Å². The number of amides is 2. The zero-order valence-corrected chi connectivity index (χ0v) is 11.5. The molecule has 1 heterocycles. The molecule has 0 N–H and O–H groups in total. The molecule has 0 aromatic carbocycles. The first-order valence-electron chi connectivity index (χ1n) is 7.01. The first kappa shape index (κ1) is 12.0. The largest absolute Gasteiger partial charge is 0.342 e. The molecule has 0 aromatic rings. The lowest BCUT2D eigenvalue weighted by Gasteiger charge is -2.45. The second kappa shape index (κ2) is 3.72. The van der Waals surface area contributed by atoms with E-state index in [9.17, 15) is 9.59 Å². The Hall–Kier alpha value is -1.06. The van der Waals surface area contributed by atoms with E-state index in [4.69, 9.17) is 0 Å². The van der Waals surface area contributed by atoms with Gasteiger partial charge in [0.2, 0.25) is 11.8 Å². The van der Waals surface area contributed by atoms with Crippen LogP contribution in [0.15, 0.2) is 0 Å². The molecule has 0 spiro atoms. The zero-order chi connectivity index (χ0) is 13.1. The van der Waals surface area contributed by atoms with E-state index in [0.717, 1.165) is 0 Å². The fraction of sp³-hybridized carbons (Fsp3) is 0.857. The Morgan fingerprint density at radius 1 is 1.22 bits per heavy atom. The maximum Gasteiger partial charge on any atom is 0.247 e. The number of carbonyl (C=O) groups excluding carboxylic acids is 2. The summed E-state index contributed by atoms with van der Waals surface area (Å²) in [4.78, 5) is 28.3. The van der Waals surface area contributed by atoms with Gasteiger partial charge in [0.1, 0.15) is 5.54 Å². The summed E-state index contributed by atoms with van der Waals surface area (Å²) in [6, 6.07) is 0. The van der Waals surface area contributed by atoms with Crippen molar-refractivity contribution >= 4 is 11.8 Å². The summed E-state index contributed by atoms with van der Waals surface area (Å²) in [7, 11) is 1.82. The van der Waals surface area contributed by atoms with Crippen molar-refractivity contribution in [2.24, 2.45) is 17.8 Å². The summed E-state index contributed by atoms with van der Waals surface area (Å²) in [5.41, 5.74) is -0.666. The van der Waals surface area contributed by atoms with Gasteiger partial charge in [-0.3, -0.25) is 9.59 Å². The molecule has 2 atom stereocenters. The van der Waals surface area contributed by atoms with Gasteiger partial charge in [0.15, 0.2) is 0 Å². The van der Waals surface area contributed by atoms with Gasteiger partial charge in [-0.1, -0.05) is 6.42 Å². The molecule has 3 rings (SSSR count). The Labute approximate surface area is 108 Å². The van der Waals surface area contributed by atoms with E-state index >= 15 is 0 Å². The number of fused-ring (bicyclic) bond motifs is 1. The van der Waals surface area contributed by atoms with Gasteiger partial charge in [-0.05, 0) is 38.5 Å². The van der Waals surface area contributed by atoms with Gasteiger partial charge in [-0.15, -0.1) is 0 Å². The van der Waals surface area contributed by atoms with Crippen LogP contribution in [-0.4, -0.2) is 47.3 Å². The lowest BCUT2D eigenvalue weighted by Crippen LogP contribution is -2.64. The lowest BCUT2D eigenvalue weighted by molar-refractivity contribution is -0.158. The van der Waals surface area contributed by atoms with Gasteiger partial charge in [-0.25, -0.2) is 0 Å². The van der Waals surface area contributed by atoms with Crippen molar-refractivity contribution in [1.82, 2.24) is 9.80 Å². The van der Waals surface area contributed by atoms with Crippen LogP contribution in [0.3, 0.4) is 0 Å². The molecular weight excluding hydrogens is 228 g/mol. The second-order valence-electron chi connectivity index (χ2n) is 6.56. The van der Waals surface area contributed by atoms with Gasteiger partial charge in [0.05, 0.1) is 0 Å². The molecular formula is C14H22N2O2. The maximum absolute atomic E-state index is 12.6. The third-order valence-electron chi connectivity index (χ3n) is 5.16. The highest BCUT2D eigenvalue weighted by Crippen LogP contribution is 2.58. The number of likely N-dealkylation sites (N-methyl/N-ethyl adjacent to an activating group) is 1. The summed E-state index contributed by atoms with van der Waals surface area (Å²) in [6.07, 6.45) is 3.70. The first-order chi connectivity index (χ1) is 8.44. The normalized spacial score (nSPS) is 37.7. The SMILES string of the molecule is CN1CCN(C(=O)C2C3CCCC32)C(C)(C)C1=O. The van der Waals surface area contributed by atoms with Crippen LogP contribution >= 0.6 is 0 Å². The van der Waals surface area contributed by atoms with Gasteiger partial charge in [-0.2, -0.15) is 0 Å². The number of piperazine rings is 1. The number of rotatable bonds is 1. The monoisotopic (exact) mass is 250 g/mol. The van der Waals surface area contributed by atoms with Crippen LogP contribution in [0.5, 0.6) is 0 Å². The van der Waals surface area contributed by atoms with Gasteiger partial charge >= 0.3 is 0 Å². The van der Waals surface area contributed by atoms with Crippen molar-refractivity contribution in [2.75, 3.05) is 20.1 Å². The van der Waals surface area contributed by atoms with Gasteiger partial charge in [0, 0.05) is 26.1 Å². The number of hydrogen-bond donors (Lipinski definition) is 0. The predicted molar refractivity (Wildman–Crippen MR) is 67.8 cm³/mol. The number of carbonyl (C=O) groups is 2. The Morgan fingerprint density at radius 2 is 1.83 bits per heavy atom. The molecule has 1 aliphatic heterocycles. The topological polar surface area (TPSA) is 40.6 Å². The summed E-state index contributed by atoms with van der Waals surface area (Å²) in [5, 5.41) is 0. The van der Waals surface area contributed by atoms with Crippen LogP contribution in [0.2, 0.25) is 0 Å². The van der Waals surface area contributed by atoms with E-state index in [1.807, 2.05) is 25.8 Å². The molecule has 3 fully saturated rings. The maximum atomic E-state index is 12.6. The van der Waals surface area contributed by atoms with Crippen LogP contribution in [0.25, 0.3) is 0 Å². The fourth-order valence-corrected chi connectivity index (χ4v) is 3.97. The lowest BCUT2D eigenvalue weighted by atomic mass is 9.96. The summed E-state index contributed by atoms with van der Waals surface area (Å²) >= 11 is 0. The van der Waals surface area contributed by atoms with Gasteiger partial charge < -0.3 is 9.80 Å². The van der Waals surface area contributed by atoms with E-state index in [1.54, 1.807) is 4.90 Å². The third-order valence-corrected chi connectivity index (χ3v) is 5.16. The predicted octanol–water partition coefficient (Wildman–Crippen LogP) is 1.11. The fourth-order valence-electron chi connectivity index (χ4n) is 3.97. The first-order valence-corrected chi connectivity index (χ1v) is 7.01. The molecule has 4 heteroatoms. The minimum Gasteiger partial charge on any atom is -0.342 e. The third kappa shape index (κ3) is 1.50. The number of hydrogen-bond acceptors (Lipinski definition) is 2. The molecule has 2 unspecified atom stereocenters.